The van der Waals surface area contributed by atoms with E-state index in [4.69, 9.17) is 0 Å². The Balaban J connectivity index is 1.98. The first kappa shape index (κ1) is 19.0. The zero-order valence-corrected chi connectivity index (χ0v) is 15.9. The standard InChI is InChI=1S/C21H29N3O/c1-21(2,3)18-11-6-7-12-19(18)23-20(25)22-14-16-9-8-10-17(13-16)15-24(4)5/h6-13H,14-15H2,1-5H3,(H2,22,23,25). The monoisotopic (exact) mass is 339 g/mol. The molecule has 0 bridgehead atoms. The summed E-state index contributed by atoms with van der Waals surface area (Å²) >= 11 is 0. The van der Waals surface area contributed by atoms with Crippen molar-refractivity contribution in [3.8, 4) is 0 Å². The Morgan fingerprint density at radius 2 is 1.68 bits per heavy atom. The molecule has 0 aliphatic carbocycles. The van der Waals surface area contributed by atoms with E-state index in [9.17, 15) is 4.79 Å². The van der Waals surface area contributed by atoms with Crippen molar-refractivity contribution >= 4 is 11.7 Å². The fourth-order valence-corrected chi connectivity index (χ4v) is 2.80. The lowest BCUT2D eigenvalue weighted by Crippen LogP contribution is -2.29. The second-order valence-corrected chi connectivity index (χ2v) is 7.66. The van der Waals surface area contributed by atoms with Crippen LogP contribution < -0.4 is 10.6 Å². The van der Waals surface area contributed by atoms with Crippen LogP contribution in [0.2, 0.25) is 0 Å². The molecule has 2 N–H and O–H groups in total. The van der Waals surface area contributed by atoms with Crippen LogP contribution in [0, 0.1) is 0 Å². The van der Waals surface area contributed by atoms with Crippen LogP contribution in [0.3, 0.4) is 0 Å². The van der Waals surface area contributed by atoms with Gasteiger partial charge in [0.1, 0.15) is 0 Å². The molecule has 4 heteroatoms. The van der Waals surface area contributed by atoms with Gasteiger partial charge in [0, 0.05) is 18.8 Å². The number of urea groups is 1. The van der Waals surface area contributed by atoms with Gasteiger partial charge < -0.3 is 15.5 Å². The summed E-state index contributed by atoms with van der Waals surface area (Å²) in [5, 5.41) is 5.92. The summed E-state index contributed by atoms with van der Waals surface area (Å²) < 4.78 is 0. The Kier molecular flexibility index (Phi) is 6.21. The van der Waals surface area contributed by atoms with Crippen LogP contribution in [0.25, 0.3) is 0 Å². The molecular formula is C21H29N3O. The molecule has 0 aromatic heterocycles. The highest BCUT2D eigenvalue weighted by atomic mass is 16.2. The zero-order valence-electron chi connectivity index (χ0n) is 15.9. The minimum absolute atomic E-state index is 0.0234. The lowest BCUT2D eigenvalue weighted by Gasteiger charge is -2.23. The average Bonchev–Trinajstić information content (AvgIpc) is 2.52. The van der Waals surface area contributed by atoms with Crippen LogP contribution >= 0.6 is 0 Å². The topological polar surface area (TPSA) is 44.4 Å². The molecule has 0 aliphatic heterocycles. The molecule has 0 fully saturated rings. The van der Waals surface area contributed by atoms with Crippen molar-refractivity contribution in [2.45, 2.75) is 39.3 Å². The van der Waals surface area contributed by atoms with E-state index >= 15 is 0 Å². The molecule has 0 saturated carbocycles. The molecule has 2 amide bonds. The van der Waals surface area contributed by atoms with Gasteiger partial charge in [-0.3, -0.25) is 0 Å². The molecule has 25 heavy (non-hydrogen) atoms. The van der Waals surface area contributed by atoms with E-state index in [-0.39, 0.29) is 11.4 Å². The number of carbonyl (C=O) groups is 1. The minimum Gasteiger partial charge on any atom is -0.334 e. The summed E-state index contributed by atoms with van der Waals surface area (Å²) in [4.78, 5) is 14.4. The van der Waals surface area contributed by atoms with E-state index in [2.05, 4.69) is 54.5 Å². The molecule has 2 aromatic carbocycles. The SMILES string of the molecule is CN(C)Cc1cccc(CNC(=O)Nc2ccccc2C(C)(C)C)c1. The second-order valence-electron chi connectivity index (χ2n) is 7.66. The van der Waals surface area contributed by atoms with Crippen LogP contribution in [0.4, 0.5) is 10.5 Å². The zero-order chi connectivity index (χ0) is 18.4. The largest absolute Gasteiger partial charge is 0.334 e. The lowest BCUT2D eigenvalue weighted by molar-refractivity contribution is 0.251. The molecule has 0 heterocycles. The van der Waals surface area contributed by atoms with Crippen LogP contribution in [0.15, 0.2) is 48.5 Å². The summed E-state index contributed by atoms with van der Waals surface area (Å²) in [7, 11) is 4.09. The molecule has 134 valence electrons. The number of carbonyl (C=O) groups excluding carboxylic acids is 1. The van der Waals surface area contributed by atoms with E-state index in [0.29, 0.717) is 6.54 Å². The quantitative estimate of drug-likeness (QED) is 0.850. The van der Waals surface area contributed by atoms with Gasteiger partial charge in [-0.25, -0.2) is 4.79 Å². The molecule has 0 spiro atoms. The highest BCUT2D eigenvalue weighted by Crippen LogP contribution is 2.29. The number of nitrogens with one attached hydrogen (secondary N) is 2. The molecule has 0 atom stereocenters. The highest BCUT2D eigenvalue weighted by molar-refractivity contribution is 5.90. The smallest absolute Gasteiger partial charge is 0.319 e. The number of hydrogen-bond acceptors (Lipinski definition) is 2. The lowest BCUT2D eigenvalue weighted by atomic mass is 9.86. The third kappa shape index (κ3) is 5.91. The number of hydrogen-bond donors (Lipinski definition) is 2. The van der Waals surface area contributed by atoms with Crippen LogP contribution in [0.1, 0.15) is 37.5 Å². The second kappa shape index (κ2) is 8.17. The van der Waals surface area contributed by atoms with Crippen molar-refractivity contribution in [1.82, 2.24) is 10.2 Å². The van der Waals surface area contributed by atoms with Gasteiger partial charge in [-0.1, -0.05) is 63.2 Å². The van der Waals surface area contributed by atoms with Crippen LogP contribution in [-0.4, -0.2) is 25.0 Å². The van der Waals surface area contributed by atoms with E-state index in [0.717, 1.165) is 23.4 Å². The molecule has 0 radical (unpaired) electrons. The van der Waals surface area contributed by atoms with Crippen molar-refractivity contribution in [1.29, 1.82) is 0 Å². The Morgan fingerprint density at radius 1 is 1.00 bits per heavy atom. The predicted molar refractivity (Wildman–Crippen MR) is 105 cm³/mol. The van der Waals surface area contributed by atoms with E-state index in [1.807, 2.05) is 44.4 Å². The van der Waals surface area contributed by atoms with Crippen LogP contribution in [0.5, 0.6) is 0 Å². The van der Waals surface area contributed by atoms with Crippen molar-refractivity contribution in [2.75, 3.05) is 19.4 Å². The van der Waals surface area contributed by atoms with E-state index in [1.165, 1.54) is 5.56 Å². The molecule has 0 aliphatic rings. The molecule has 4 nitrogen and oxygen atoms in total. The van der Waals surface area contributed by atoms with Crippen molar-refractivity contribution < 1.29 is 4.79 Å². The van der Waals surface area contributed by atoms with Crippen molar-refractivity contribution in [3.63, 3.8) is 0 Å². The first-order valence-corrected chi connectivity index (χ1v) is 8.62. The maximum absolute atomic E-state index is 12.3. The van der Waals surface area contributed by atoms with Gasteiger partial charge in [0.05, 0.1) is 0 Å². The highest BCUT2D eigenvalue weighted by Gasteiger charge is 2.18. The fourth-order valence-electron chi connectivity index (χ4n) is 2.80. The summed E-state index contributed by atoms with van der Waals surface area (Å²) in [6, 6.07) is 16.0. The van der Waals surface area contributed by atoms with Gasteiger partial charge in [0.25, 0.3) is 0 Å². The predicted octanol–water partition coefficient (Wildman–Crippen LogP) is 4.37. The van der Waals surface area contributed by atoms with E-state index in [1.54, 1.807) is 0 Å². The van der Waals surface area contributed by atoms with Gasteiger partial charge in [-0.05, 0) is 42.3 Å². The Morgan fingerprint density at radius 3 is 2.36 bits per heavy atom. The first-order valence-electron chi connectivity index (χ1n) is 8.62. The Hall–Kier alpha value is -2.33. The normalized spacial score (nSPS) is 11.4. The average molecular weight is 339 g/mol. The molecule has 2 aromatic rings. The van der Waals surface area contributed by atoms with Crippen molar-refractivity contribution in [2.24, 2.45) is 0 Å². The van der Waals surface area contributed by atoms with Gasteiger partial charge in [0.2, 0.25) is 0 Å². The Bertz CT molecular complexity index is 717. The minimum atomic E-state index is -0.185. The summed E-state index contributed by atoms with van der Waals surface area (Å²) in [5.41, 5.74) is 4.29. The number of para-hydroxylation sites is 1. The maximum atomic E-state index is 12.3. The molecule has 0 saturated heterocycles. The van der Waals surface area contributed by atoms with Gasteiger partial charge in [-0.15, -0.1) is 0 Å². The summed E-state index contributed by atoms with van der Waals surface area (Å²) in [5.74, 6) is 0. The third-order valence-electron chi connectivity index (χ3n) is 3.93. The summed E-state index contributed by atoms with van der Waals surface area (Å²) in [6.07, 6.45) is 0. The van der Waals surface area contributed by atoms with Crippen molar-refractivity contribution in [3.05, 3.63) is 65.2 Å². The first-order chi connectivity index (χ1) is 11.8. The third-order valence-corrected chi connectivity index (χ3v) is 3.93. The number of rotatable bonds is 5. The van der Waals surface area contributed by atoms with Gasteiger partial charge in [0.15, 0.2) is 0 Å². The fraction of sp³-hybridized carbons (Fsp3) is 0.381. The number of amides is 2. The molecular weight excluding hydrogens is 310 g/mol. The maximum Gasteiger partial charge on any atom is 0.319 e. The molecule has 2 rings (SSSR count). The van der Waals surface area contributed by atoms with Crippen LogP contribution in [-0.2, 0) is 18.5 Å². The van der Waals surface area contributed by atoms with Gasteiger partial charge >= 0.3 is 6.03 Å². The Labute approximate surface area is 151 Å². The molecule has 0 unspecified atom stereocenters. The van der Waals surface area contributed by atoms with E-state index < -0.39 is 0 Å². The number of benzene rings is 2. The summed E-state index contributed by atoms with van der Waals surface area (Å²) in [6.45, 7) is 7.81. The number of nitrogens with zero attached hydrogens (tertiary/aromatic N) is 1. The van der Waals surface area contributed by atoms with Gasteiger partial charge in [-0.2, -0.15) is 0 Å². The number of anilines is 1.